The molecule has 0 saturated carbocycles. The van der Waals surface area contributed by atoms with Crippen LogP contribution in [0, 0.1) is 6.92 Å². The maximum atomic E-state index is 13.2. The molecule has 4 heterocycles. The predicted octanol–water partition coefficient (Wildman–Crippen LogP) is 3.85. The first-order valence-corrected chi connectivity index (χ1v) is 14.3. The van der Waals surface area contributed by atoms with Crippen molar-refractivity contribution in [3.05, 3.63) is 94.8 Å². The molecule has 1 aliphatic heterocycles. The Balaban J connectivity index is 1.21. The number of rotatable bonds is 7. The Labute approximate surface area is 254 Å². The zero-order valence-corrected chi connectivity index (χ0v) is 24.8. The van der Waals surface area contributed by atoms with Crippen molar-refractivity contribution >= 4 is 23.2 Å². The molecule has 1 saturated heterocycles. The average Bonchev–Trinajstić information content (AvgIpc) is 3.29. The number of anilines is 3. The van der Waals surface area contributed by atoms with E-state index in [-0.39, 0.29) is 17.5 Å². The summed E-state index contributed by atoms with van der Waals surface area (Å²) in [6.07, 6.45) is 7.13. The molecular weight excluding hydrogens is 558 g/mol. The number of carbonyl (C=O) groups excluding carboxylic acids is 1. The maximum Gasteiger partial charge on any atom is 0.284 e. The second kappa shape index (κ2) is 12.1. The number of nitrogen functional groups attached to an aromatic ring is 1. The third-order valence-electron chi connectivity index (χ3n) is 7.98. The van der Waals surface area contributed by atoms with Crippen LogP contribution in [0.15, 0.2) is 78.0 Å². The van der Waals surface area contributed by atoms with Crippen LogP contribution in [-0.4, -0.2) is 61.5 Å². The second-order valence-electron chi connectivity index (χ2n) is 10.6. The summed E-state index contributed by atoms with van der Waals surface area (Å²) >= 11 is 0. The van der Waals surface area contributed by atoms with E-state index in [1.54, 1.807) is 68.6 Å². The van der Waals surface area contributed by atoms with E-state index in [9.17, 15) is 9.59 Å². The van der Waals surface area contributed by atoms with Crippen molar-refractivity contribution in [1.29, 1.82) is 0 Å². The summed E-state index contributed by atoms with van der Waals surface area (Å²) in [6, 6.07) is 16.3. The van der Waals surface area contributed by atoms with Crippen molar-refractivity contribution in [3.8, 4) is 28.3 Å². The van der Waals surface area contributed by atoms with E-state index in [1.807, 2.05) is 30.3 Å². The van der Waals surface area contributed by atoms with E-state index in [0.29, 0.717) is 39.7 Å². The minimum Gasteiger partial charge on any atom is -0.382 e. The van der Waals surface area contributed by atoms with E-state index < -0.39 is 11.5 Å². The Hall–Kier alpha value is -5.36. The van der Waals surface area contributed by atoms with Gasteiger partial charge in [-0.05, 0) is 44.0 Å². The lowest BCUT2D eigenvalue weighted by atomic mass is 10.1. The standard InChI is InChI=1S/C32H33N9O3/c1-20-28(32(43)41(39(20)2)23-7-5-4-6-8-23)31(42)36-22-11-9-21(10-12-22)29-30(33)35-18-26(38-29)25-17-34-19-27(37-25)40-15-13-24(44-3)14-16-40/h4-12,17-19,24H,13-16H2,1-3H3,(H2,33,35)(H,36,42). The Bertz CT molecular complexity index is 1860. The van der Waals surface area contributed by atoms with Crippen LogP contribution in [-0.2, 0) is 11.8 Å². The molecule has 12 nitrogen and oxygen atoms in total. The summed E-state index contributed by atoms with van der Waals surface area (Å²) in [7, 11) is 3.50. The number of benzene rings is 2. The molecule has 44 heavy (non-hydrogen) atoms. The van der Waals surface area contributed by atoms with Gasteiger partial charge in [-0.3, -0.25) is 19.3 Å². The number of methoxy groups -OCH3 is 1. The van der Waals surface area contributed by atoms with Crippen molar-refractivity contribution in [3.63, 3.8) is 0 Å². The van der Waals surface area contributed by atoms with Gasteiger partial charge in [0.2, 0.25) is 0 Å². The van der Waals surface area contributed by atoms with E-state index in [2.05, 4.69) is 20.2 Å². The number of carbonyl (C=O) groups is 1. The first-order chi connectivity index (χ1) is 21.3. The molecule has 224 valence electrons. The fourth-order valence-electron chi connectivity index (χ4n) is 5.42. The molecule has 3 aromatic heterocycles. The molecule has 1 fully saturated rings. The third kappa shape index (κ3) is 5.54. The average molecular weight is 592 g/mol. The van der Waals surface area contributed by atoms with Crippen LogP contribution in [0.2, 0.25) is 0 Å². The molecule has 0 unspecified atom stereocenters. The number of piperidine rings is 1. The molecule has 0 spiro atoms. The van der Waals surface area contributed by atoms with Gasteiger partial charge in [-0.25, -0.2) is 19.6 Å². The number of nitrogens with one attached hydrogen (secondary N) is 1. The van der Waals surface area contributed by atoms with E-state index in [1.165, 1.54) is 4.68 Å². The topological polar surface area (TPSA) is 146 Å². The fraction of sp³-hybridized carbons (Fsp3) is 0.250. The monoisotopic (exact) mass is 591 g/mol. The van der Waals surface area contributed by atoms with Crippen molar-refractivity contribution in [2.75, 3.05) is 36.1 Å². The number of hydrogen-bond donors (Lipinski definition) is 2. The highest BCUT2D eigenvalue weighted by molar-refractivity contribution is 6.05. The molecule has 6 rings (SSSR count). The highest BCUT2D eigenvalue weighted by Gasteiger charge is 2.23. The van der Waals surface area contributed by atoms with Crippen LogP contribution in [0.5, 0.6) is 0 Å². The molecule has 1 aliphatic rings. The summed E-state index contributed by atoms with van der Waals surface area (Å²) in [5.74, 6) is 0.552. The SMILES string of the molecule is COC1CCN(c2cncc(-c3cnc(N)c(-c4ccc(NC(=O)c5c(C)n(C)n(-c6ccccc6)c5=O)cc4)n3)n2)CC1. The van der Waals surface area contributed by atoms with Gasteiger partial charge in [-0.2, -0.15) is 0 Å². The van der Waals surface area contributed by atoms with Gasteiger partial charge in [-0.15, -0.1) is 0 Å². The minimum atomic E-state index is -0.489. The Morgan fingerprint density at radius 3 is 2.39 bits per heavy atom. The van der Waals surface area contributed by atoms with Crippen LogP contribution in [0.4, 0.5) is 17.3 Å². The molecule has 0 radical (unpaired) electrons. The van der Waals surface area contributed by atoms with Crippen LogP contribution < -0.4 is 21.5 Å². The van der Waals surface area contributed by atoms with Crippen LogP contribution >= 0.6 is 0 Å². The number of aromatic nitrogens is 6. The van der Waals surface area contributed by atoms with Crippen molar-refractivity contribution in [2.45, 2.75) is 25.9 Å². The van der Waals surface area contributed by atoms with Crippen LogP contribution in [0.3, 0.4) is 0 Å². The van der Waals surface area contributed by atoms with Gasteiger partial charge in [0.05, 0.1) is 36.1 Å². The van der Waals surface area contributed by atoms with E-state index >= 15 is 0 Å². The second-order valence-corrected chi connectivity index (χ2v) is 10.6. The van der Waals surface area contributed by atoms with Gasteiger partial charge in [0.1, 0.15) is 34.3 Å². The highest BCUT2D eigenvalue weighted by Crippen LogP contribution is 2.28. The molecule has 2 aromatic carbocycles. The first kappa shape index (κ1) is 28.7. The maximum absolute atomic E-state index is 13.2. The number of nitrogens with two attached hydrogens (primary N) is 1. The lowest BCUT2D eigenvalue weighted by molar-refractivity contribution is 0.0818. The van der Waals surface area contributed by atoms with Gasteiger partial charge in [-0.1, -0.05) is 30.3 Å². The number of hydrogen-bond acceptors (Lipinski definition) is 9. The summed E-state index contributed by atoms with van der Waals surface area (Å²) in [5, 5.41) is 2.84. The Kier molecular flexibility index (Phi) is 7.90. The van der Waals surface area contributed by atoms with Gasteiger partial charge in [0, 0.05) is 38.5 Å². The summed E-state index contributed by atoms with van der Waals surface area (Å²) in [6.45, 7) is 3.42. The molecule has 1 amide bonds. The number of para-hydroxylation sites is 1. The largest absolute Gasteiger partial charge is 0.382 e. The Morgan fingerprint density at radius 2 is 1.68 bits per heavy atom. The number of amides is 1. The minimum absolute atomic E-state index is 0.0784. The quantitative estimate of drug-likeness (QED) is 0.288. The molecule has 0 bridgehead atoms. The zero-order valence-electron chi connectivity index (χ0n) is 24.8. The van der Waals surface area contributed by atoms with Gasteiger partial charge < -0.3 is 20.7 Å². The fourth-order valence-corrected chi connectivity index (χ4v) is 5.42. The van der Waals surface area contributed by atoms with E-state index in [4.69, 9.17) is 20.4 Å². The van der Waals surface area contributed by atoms with Crippen molar-refractivity contribution in [1.82, 2.24) is 29.3 Å². The third-order valence-corrected chi connectivity index (χ3v) is 7.98. The summed E-state index contributed by atoms with van der Waals surface area (Å²) in [4.78, 5) is 47.0. The molecule has 12 heteroatoms. The molecule has 3 N–H and O–H groups in total. The van der Waals surface area contributed by atoms with Crippen LogP contribution in [0.25, 0.3) is 28.3 Å². The van der Waals surface area contributed by atoms with Gasteiger partial charge in [0.25, 0.3) is 11.5 Å². The van der Waals surface area contributed by atoms with Crippen LogP contribution in [0.1, 0.15) is 28.9 Å². The predicted molar refractivity (Wildman–Crippen MR) is 169 cm³/mol. The lowest BCUT2D eigenvalue weighted by Gasteiger charge is -2.31. The molecule has 0 atom stereocenters. The molecule has 5 aromatic rings. The number of nitrogens with zero attached hydrogens (tertiary/aromatic N) is 7. The highest BCUT2D eigenvalue weighted by atomic mass is 16.5. The molecule has 0 aliphatic carbocycles. The molecular formula is C32H33N9O3. The van der Waals surface area contributed by atoms with Crippen molar-refractivity contribution < 1.29 is 9.53 Å². The first-order valence-electron chi connectivity index (χ1n) is 14.3. The smallest absolute Gasteiger partial charge is 0.284 e. The summed E-state index contributed by atoms with van der Waals surface area (Å²) < 4.78 is 8.63. The van der Waals surface area contributed by atoms with Gasteiger partial charge in [0.15, 0.2) is 0 Å². The summed E-state index contributed by atoms with van der Waals surface area (Å²) in [5.41, 5.74) is 10.00. The normalized spacial score (nSPS) is 13.7. The lowest BCUT2D eigenvalue weighted by Crippen LogP contribution is -2.37. The zero-order chi connectivity index (χ0) is 30.8. The number of ether oxygens (including phenoxy) is 1. The van der Waals surface area contributed by atoms with Crippen molar-refractivity contribution in [2.24, 2.45) is 7.05 Å². The van der Waals surface area contributed by atoms with Gasteiger partial charge >= 0.3 is 0 Å². The van der Waals surface area contributed by atoms with E-state index in [0.717, 1.165) is 31.7 Å². The Morgan fingerprint density at radius 1 is 0.977 bits per heavy atom.